The first kappa shape index (κ1) is 17.0. The standard InChI is InChI=1S/C17H15N5OS2/c1-10-2-6-12(7-3-10)19-14(23)16-22-21-15(25-16)11-4-8-13(9-5-11)20-17(18)24/h2-9H,1H3,(H,19,23)(H3,18,20,24). The minimum Gasteiger partial charge on any atom is -0.376 e. The van der Waals surface area contributed by atoms with Crippen LogP contribution in [0.2, 0.25) is 0 Å². The van der Waals surface area contributed by atoms with Gasteiger partial charge < -0.3 is 16.4 Å². The van der Waals surface area contributed by atoms with E-state index in [0.717, 1.165) is 22.5 Å². The first-order valence-corrected chi connectivity index (χ1v) is 8.62. The van der Waals surface area contributed by atoms with Crippen molar-refractivity contribution in [1.29, 1.82) is 0 Å². The van der Waals surface area contributed by atoms with E-state index in [1.165, 1.54) is 11.3 Å². The van der Waals surface area contributed by atoms with Crippen LogP contribution in [0.4, 0.5) is 11.4 Å². The summed E-state index contributed by atoms with van der Waals surface area (Å²) in [6.07, 6.45) is 0. The molecule has 8 heteroatoms. The van der Waals surface area contributed by atoms with E-state index in [1.54, 1.807) is 0 Å². The summed E-state index contributed by atoms with van der Waals surface area (Å²) in [6, 6.07) is 15.0. The zero-order valence-electron chi connectivity index (χ0n) is 13.3. The van der Waals surface area contributed by atoms with Crippen molar-refractivity contribution in [2.24, 2.45) is 5.73 Å². The Hall–Kier alpha value is -2.84. The maximum absolute atomic E-state index is 12.3. The second-order valence-electron chi connectivity index (χ2n) is 5.30. The lowest BCUT2D eigenvalue weighted by molar-refractivity contribution is 0.102. The van der Waals surface area contributed by atoms with Gasteiger partial charge in [-0.25, -0.2) is 0 Å². The third kappa shape index (κ3) is 4.37. The number of thiocarbonyl (C=S) groups is 1. The molecule has 1 aromatic heterocycles. The number of amides is 1. The third-order valence-electron chi connectivity index (χ3n) is 3.33. The van der Waals surface area contributed by atoms with Crippen molar-refractivity contribution in [2.75, 3.05) is 10.6 Å². The zero-order valence-corrected chi connectivity index (χ0v) is 14.9. The Bertz CT molecular complexity index is 904. The van der Waals surface area contributed by atoms with Crippen molar-refractivity contribution < 1.29 is 4.79 Å². The normalized spacial score (nSPS) is 10.3. The minimum absolute atomic E-state index is 0.207. The van der Waals surface area contributed by atoms with E-state index in [0.29, 0.717) is 10.0 Å². The monoisotopic (exact) mass is 369 g/mol. The summed E-state index contributed by atoms with van der Waals surface area (Å²) < 4.78 is 0. The van der Waals surface area contributed by atoms with Crippen molar-refractivity contribution in [1.82, 2.24) is 10.2 Å². The van der Waals surface area contributed by atoms with Gasteiger partial charge in [-0.2, -0.15) is 0 Å². The van der Waals surface area contributed by atoms with Crippen molar-refractivity contribution in [3.05, 3.63) is 59.1 Å². The predicted molar refractivity (Wildman–Crippen MR) is 105 cm³/mol. The predicted octanol–water partition coefficient (Wildman–Crippen LogP) is 3.42. The van der Waals surface area contributed by atoms with Gasteiger partial charge >= 0.3 is 0 Å². The lowest BCUT2D eigenvalue weighted by atomic mass is 10.2. The molecule has 2 aromatic carbocycles. The smallest absolute Gasteiger partial charge is 0.286 e. The van der Waals surface area contributed by atoms with Gasteiger partial charge in [-0.1, -0.05) is 29.0 Å². The highest BCUT2D eigenvalue weighted by Crippen LogP contribution is 2.25. The quantitative estimate of drug-likeness (QED) is 0.610. The molecule has 3 rings (SSSR count). The van der Waals surface area contributed by atoms with Gasteiger partial charge in [0.1, 0.15) is 5.01 Å². The van der Waals surface area contributed by atoms with E-state index in [1.807, 2.05) is 55.5 Å². The molecule has 0 radical (unpaired) electrons. The Morgan fingerprint density at radius 1 is 1.00 bits per heavy atom. The molecule has 0 aliphatic heterocycles. The summed E-state index contributed by atoms with van der Waals surface area (Å²) in [5.74, 6) is -0.278. The fraction of sp³-hybridized carbons (Fsp3) is 0.0588. The second-order valence-corrected chi connectivity index (χ2v) is 6.72. The van der Waals surface area contributed by atoms with Gasteiger partial charge in [-0.15, -0.1) is 10.2 Å². The molecule has 0 aliphatic carbocycles. The summed E-state index contributed by atoms with van der Waals surface area (Å²) in [6.45, 7) is 1.99. The molecule has 1 amide bonds. The molecule has 0 aliphatic rings. The Morgan fingerprint density at radius 3 is 2.24 bits per heavy atom. The number of anilines is 2. The van der Waals surface area contributed by atoms with Crippen molar-refractivity contribution in [3.8, 4) is 10.6 Å². The van der Waals surface area contributed by atoms with Crippen molar-refractivity contribution >= 4 is 45.9 Å². The zero-order chi connectivity index (χ0) is 17.8. The van der Waals surface area contributed by atoms with Crippen LogP contribution in [0.5, 0.6) is 0 Å². The summed E-state index contributed by atoms with van der Waals surface area (Å²) in [5, 5.41) is 14.9. The molecule has 0 fully saturated rings. The maximum Gasteiger partial charge on any atom is 0.286 e. The highest BCUT2D eigenvalue weighted by molar-refractivity contribution is 7.80. The molecule has 25 heavy (non-hydrogen) atoms. The molecule has 0 unspecified atom stereocenters. The Morgan fingerprint density at radius 2 is 1.60 bits per heavy atom. The van der Waals surface area contributed by atoms with Gasteiger partial charge in [-0.3, -0.25) is 4.79 Å². The number of rotatable bonds is 4. The number of hydrogen-bond donors (Lipinski definition) is 3. The lowest BCUT2D eigenvalue weighted by Crippen LogP contribution is -2.18. The summed E-state index contributed by atoms with van der Waals surface area (Å²) in [7, 11) is 0. The average molecular weight is 369 g/mol. The fourth-order valence-corrected chi connectivity index (χ4v) is 2.95. The summed E-state index contributed by atoms with van der Waals surface area (Å²) in [4.78, 5) is 12.3. The Balaban J connectivity index is 1.72. The molecule has 6 nitrogen and oxygen atoms in total. The average Bonchev–Trinajstić information content (AvgIpc) is 3.07. The number of nitrogens with zero attached hydrogens (tertiary/aromatic N) is 2. The molecule has 0 saturated carbocycles. The van der Waals surface area contributed by atoms with Gasteiger partial charge in [0.25, 0.3) is 5.91 Å². The molecular weight excluding hydrogens is 354 g/mol. The molecule has 1 heterocycles. The highest BCUT2D eigenvalue weighted by Gasteiger charge is 2.14. The van der Waals surface area contributed by atoms with Crippen LogP contribution in [0.25, 0.3) is 10.6 Å². The number of carbonyl (C=O) groups is 1. The van der Waals surface area contributed by atoms with Crippen LogP contribution in [-0.2, 0) is 0 Å². The minimum atomic E-state index is -0.278. The molecule has 4 N–H and O–H groups in total. The van der Waals surface area contributed by atoms with E-state index in [-0.39, 0.29) is 11.0 Å². The molecule has 3 aromatic rings. The van der Waals surface area contributed by atoms with Crippen LogP contribution < -0.4 is 16.4 Å². The van der Waals surface area contributed by atoms with Gasteiger partial charge in [0.05, 0.1) is 0 Å². The molecule has 0 atom stereocenters. The summed E-state index contributed by atoms with van der Waals surface area (Å²) in [5.41, 5.74) is 8.94. The van der Waals surface area contributed by atoms with Crippen LogP contribution >= 0.6 is 23.6 Å². The first-order chi connectivity index (χ1) is 12.0. The molecule has 126 valence electrons. The van der Waals surface area contributed by atoms with Crippen LogP contribution in [-0.4, -0.2) is 21.2 Å². The van der Waals surface area contributed by atoms with E-state index in [4.69, 9.17) is 18.0 Å². The second kappa shape index (κ2) is 7.37. The SMILES string of the molecule is Cc1ccc(NC(=O)c2nnc(-c3ccc(NC(N)=S)cc3)s2)cc1. The van der Waals surface area contributed by atoms with Crippen LogP contribution in [0.1, 0.15) is 15.4 Å². The van der Waals surface area contributed by atoms with Crippen molar-refractivity contribution in [3.63, 3.8) is 0 Å². The van der Waals surface area contributed by atoms with Crippen LogP contribution in [0, 0.1) is 6.92 Å². The fourth-order valence-electron chi connectivity index (χ4n) is 2.09. The topological polar surface area (TPSA) is 92.9 Å². The Kier molecular flexibility index (Phi) is 5.01. The molecular formula is C17H15N5OS2. The summed E-state index contributed by atoms with van der Waals surface area (Å²) >= 11 is 6.03. The Labute approximate surface area is 154 Å². The van der Waals surface area contributed by atoms with Gasteiger partial charge in [-0.05, 0) is 55.5 Å². The van der Waals surface area contributed by atoms with Gasteiger partial charge in [0.2, 0.25) is 5.01 Å². The van der Waals surface area contributed by atoms with Crippen LogP contribution in [0.15, 0.2) is 48.5 Å². The van der Waals surface area contributed by atoms with E-state index in [2.05, 4.69) is 20.8 Å². The van der Waals surface area contributed by atoms with Crippen molar-refractivity contribution in [2.45, 2.75) is 6.92 Å². The molecule has 0 bridgehead atoms. The molecule has 0 saturated heterocycles. The number of nitrogens with two attached hydrogens (primary N) is 1. The van der Waals surface area contributed by atoms with Gasteiger partial charge in [0.15, 0.2) is 5.11 Å². The maximum atomic E-state index is 12.3. The lowest BCUT2D eigenvalue weighted by Gasteiger charge is -2.03. The number of carbonyl (C=O) groups excluding carboxylic acids is 1. The van der Waals surface area contributed by atoms with E-state index in [9.17, 15) is 4.79 Å². The van der Waals surface area contributed by atoms with Crippen LogP contribution in [0.3, 0.4) is 0 Å². The third-order valence-corrected chi connectivity index (χ3v) is 4.40. The highest BCUT2D eigenvalue weighted by atomic mass is 32.1. The first-order valence-electron chi connectivity index (χ1n) is 7.40. The number of aromatic nitrogens is 2. The number of hydrogen-bond acceptors (Lipinski definition) is 5. The number of benzene rings is 2. The molecule has 0 spiro atoms. The van der Waals surface area contributed by atoms with Gasteiger partial charge in [0, 0.05) is 16.9 Å². The largest absolute Gasteiger partial charge is 0.376 e. The number of aryl methyl sites for hydroxylation is 1. The van der Waals surface area contributed by atoms with E-state index >= 15 is 0 Å². The number of nitrogens with one attached hydrogen (secondary N) is 2. The van der Waals surface area contributed by atoms with E-state index < -0.39 is 0 Å².